The minimum Gasteiger partial charge on any atom is -0.481 e. The van der Waals surface area contributed by atoms with Crippen molar-refractivity contribution in [3.8, 4) is 0 Å². The van der Waals surface area contributed by atoms with Gasteiger partial charge < -0.3 is 21.1 Å². The van der Waals surface area contributed by atoms with E-state index in [9.17, 15) is 14.4 Å². The number of hydrogen-bond donors (Lipinski definition) is 4. The largest absolute Gasteiger partial charge is 0.481 e. The van der Waals surface area contributed by atoms with Gasteiger partial charge in [-0.2, -0.15) is 0 Å². The quantitative estimate of drug-likeness (QED) is 0.443. The van der Waals surface area contributed by atoms with Crippen molar-refractivity contribution in [1.29, 1.82) is 0 Å². The minimum absolute atomic E-state index is 0.0399. The van der Waals surface area contributed by atoms with Gasteiger partial charge in [0.05, 0.1) is 6.42 Å². The molecule has 1 aliphatic rings. The molecule has 96 valence electrons. The molecular weight excluding hydrogens is 226 g/mol. The van der Waals surface area contributed by atoms with Crippen molar-refractivity contribution in [2.24, 2.45) is 5.92 Å². The van der Waals surface area contributed by atoms with Crippen LogP contribution in [0.3, 0.4) is 0 Å². The van der Waals surface area contributed by atoms with Crippen LogP contribution in [0.1, 0.15) is 19.3 Å². The van der Waals surface area contributed by atoms with Gasteiger partial charge in [0.2, 0.25) is 5.91 Å². The van der Waals surface area contributed by atoms with Crippen LogP contribution < -0.4 is 16.0 Å². The molecule has 0 aromatic heterocycles. The molecule has 0 radical (unpaired) electrons. The lowest BCUT2D eigenvalue weighted by Crippen LogP contribution is -2.41. The average Bonchev–Trinajstić information content (AvgIpc) is 3.07. The van der Waals surface area contributed by atoms with Crippen molar-refractivity contribution in [1.82, 2.24) is 16.0 Å². The molecule has 17 heavy (non-hydrogen) atoms. The maximum atomic E-state index is 11.2. The second-order valence-corrected chi connectivity index (χ2v) is 3.89. The monoisotopic (exact) mass is 243 g/mol. The van der Waals surface area contributed by atoms with Crippen LogP contribution in [-0.2, 0) is 9.59 Å². The molecular formula is C10H17N3O4. The van der Waals surface area contributed by atoms with Crippen molar-refractivity contribution in [3.63, 3.8) is 0 Å². The molecule has 3 amide bonds. The Labute approximate surface area is 98.9 Å². The summed E-state index contributed by atoms with van der Waals surface area (Å²) in [6.07, 6.45) is 1.80. The lowest BCUT2D eigenvalue weighted by Gasteiger charge is -2.07. The number of nitrogens with one attached hydrogen (secondary N) is 3. The van der Waals surface area contributed by atoms with E-state index < -0.39 is 12.0 Å². The Morgan fingerprint density at radius 3 is 2.18 bits per heavy atom. The Morgan fingerprint density at radius 2 is 1.59 bits per heavy atom. The molecule has 7 nitrogen and oxygen atoms in total. The molecule has 0 atom stereocenters. The molecule has 4 N–H and O–H groups in total. The summed E-state index contributed by atoms with van der Waals surface area (Å²) >= 11 is 0. The molecule has 1 saturated carbocycles. The third-order valence-electron chi connectivity index (χ3n) is 2.28. The van der Waals surface area contributed by atoms with Gasteiger partial charge in [0.15, 0.2) is 0 Å². The Kier molecular flexibility index (Phi) is 5.25. The zero-order valence-corrected chi connectivity index (χ0v) is 9.49. The van der Waals surface area contributed by atoms with Gasteiger partial charge in [0.1, 0.15) is 0 Å². The number of hydrogen-bond acceptors (Lipinski definition) is 3. The van der Waals surface area contributed by atoms with E-state index in [0.717, 1.165) is 12.8 Å². The maximum Gasteiger partial charge on any atom is 0.314 e. The van der Waals surface area contributed by atoms with Crippen LogP contribution in [0.4, 0.5) is 4.79 Å². The van der Waals surface area contributed by atoms with E-state index in [0.29, 0.717) is 13.1 Å². The van der Waals surface area contributed by atoms with E-state index >= 15 is 0 Å². The number of carbonyl (C=O) groups is 3. The highest BCUT2D eigenvalue weighted by molar-refractivity contribution is 5.80. The minimum atomic E-state index is -0.956. The summed E-state index contributed by atoms with van der Waals surface area (Å²) in [6, 6.07) is -0.424. The first-order valence-electron chi connectivity index (χ1n) is 5.61. The van der Waals surface area contributed by atoms with Crippen molar-refractivity contribution in [3.05, 3.63) is 0 Å². The molecule has 0 bridgehead atoms. The van der Waals surface area contributed by atoms with Crippen LogP contribution in [0.25, 0.3) is 0 Å². The first-order valence-corrected chi connectivity index (χ1v) is 5.61. The standard InChI is InChI=1S/C10H17N3O4/c14-8(15)3-4-12-10(17)13-6-5-11-9(16)7-1-2-7/h7H,1-6H2,(H,11,16)(H,14,15)(H2,12,13,17). The molecule has 0 saturated heterocycles. The summed E-state index contributed by atoms with van der Waals surface area (Å²) < 4.78 is 0. The van der Waals surface area contributed by atoms with Crippen LogP contribution in [-0.4, -0.2) is 42.6 Å². The van der Waals surface area contributed by atoms with E-state index in [4.69, 9.17) is 5.11 Å². The molecule has 0 heterocycles. The van der Waals surface area contributed by atoms with E-state index in [1.807, 2.05) is 0 Å². The number of rotatable bonds is 7. The highest BCUT2D eigenvalue weighted by Gasteiger charge is 2.28. The smallest absolute Gasteiger partial charge is 0.314 e. The summed E-state index contributed by atoms with van der Waals surface area (Å²) in [5.74, 6) is -0.750. The molecule has 1 fully saturated rings. The molecule has 0 aromatic rings. The predicted octanol–water partition coefficient (Wildman–Crippen LogP) is -0.714. The molecule has 0 aromatic carbocycles. The Bertz CT molecular complexity index is 302. The van der Waals surface area contributed by atoms with Gasteiger partial charge in [-0.25, -0.2) is 4.79 Å². The Morgan fingerprint density at radius 1 is 1.00 bits per heavy atom. The fourth-order valence-corrected chi connectivity index (χ4v) is 1.20. The number of carboxylic acid groups (broad SMARTS) is 1. The number of carboxylic acids is 1. The SMILES string of the molecule is O=C(O)CCNC(=O)NCCNC(=O)C1CC1. The summed E-state index contributed by atoms with van der Waals surface area (Å²) in [4.78, 5) is 32.4. The molecule has 1 aliphatic carbocycles. The summed E-state index contributed by atoms with van der Waals surface area (Å²) in [7, 11) is 0. The molecule has 7 heteroatoms. The lowest BCUT2D eigenvalue weighted by atomic mass is 10.4. The summed E-state index contributed by atoms with van der Waals surface area (Å²) in [6.45, 7) is 0.814. The third kappa shape index (κ3) is 6.39. The van der Waals surface area contributed by atoms with Crippen molar-refractivity contribution >= 4 is 17.9 Å². The number of urea groups is 1. The van der Waals surface area contributed by atoms with Gasteiger partial charge in [-0.1, -0.05) is 0 Å². The van der Waals surface area contributed by atoms with Gasteiger partial charge in [-0.15, -0.1) is 0 Å². The number of aliphatic carboxylic acids is 1. The average molecular weight is 243 g/mol. The van der Waals surface area contributed by atoms with Crippen molar-refractivity contribution in [2.45, 2.75) is 19.3 Å². The normalized spacial score (nSPS) is 13.9. The van der Waals surface area contributed by atoms with Crippen LogP contribution >= 0.6 is 0 Å². The Hall–Kier alpha value is -1.79. The second-order valence-electron chi connectivity index (χ2n) is 3.89. The molecule has 0 spiro atoms. The molecule has 0 unspecified atom stereocenters. The van der Waals surface area contributed by atoms with E-state index in [1.165, 1.54) is 0 Å². The summed E-state index contributed by atoms with van der Waals surface area (Å²) in [5, 5.41) is 15.9. The number of amides is 3. The van der Waals surface area contributed by atoms with Crippen molar-refractivity contribution in [2.75, 3.05) is 19.6 Å². The van der Waals surface area contributed by atoms with Gasteiger partial charge in [-0.05, 0) is 12.8 Å². The maximum absolute atomic E-state index is 11.2. The fraction of sp³-hybridized carbons (Fsp3) is 0.700. The van der Waals surface area contributed by atoms with Gasteiger partial charge in [0, 0.05) is 25.6 Å². The van der Waals surface area contributed by atoms with E-state index in [2.05, 4.69) is 16.0 Å². The van der Waals surface area contributed by atoms with Crippen LogP contribution in [0, 0.1) is 5.92 Å². The first kappa shape index (κ1) is 13.3. The Balaban J connectivity index is 1.92. The van der Waals surface area contributed by atoms with Crippen molar-refractivity contribution < 1.29 is 19.5 Å². The van der Waals surface area contributed by atoms with Crippen LogP contribution in [0.15, 0.2) is 0 Å². The fourth-order valence-electron chi connectivity index (χ4n) is 1.20. The van der Waals surface area contributed by atoms with E-state index in [1.54, 1.807) is 0 Å². The zero-order valence-electron chi connectivity index (χ0n) is 9.49. The molecule has 0 aliphatic heterocycles. The van der Waals surface area contributed by atoms with Gasteiger partial charge >= 0.3 is 12.0 Å². The van der Waals surface area contributed by atoms with Crippen LogP contribution in [0.5, 0.6) is 0 Å². The van der Waals surface area contributed by atoms with Gasteiger partial charge in [-0.3, -0.25) is 9.59 Å². The predicted molar refractivity (Wildman–Crippen MR) is 59.4 cm³/mol. The highest BCUT2D eigenvalue weighted by atomic mass is 16.4. The van der Waals surface area contributed by atoms with Gasteiger partial charge in [0.25, 0.3) is 0 Å². The lowest BCUT2D eigenvalue weighted by molar-refractivity contribution is -0.136. The number of carbonyl (C=O) groups excluding carboxylic acids is 2. The van der Waals surface area contributed by atoms with Crippen LogP contribution in [0.2, 0.25) is 0 Å². The second kappa shape index (κ2) is 6.72. The first-order chi connectivity index (χ1) is 8.09. The third-order valence-corrected chi connectivity index (χ3v) is 2.28. The highest BCUT2D eigenvalue weighted by Crippen LogP contribution is 2.28. The molecule has 1 rings (SSSR count). The summed E-state index contributed by atoms with van der Waals surface area (Å²) in [5.41, 5.74) is 0. The zero-order chi connectivity index (χ0) is 12.7. The van der Waals surface area contributed by atoms with E-state index in [-0.39, 0.29) is 24.8 Å². The topological polar surface area (TPSA) is 108 Å².